The molecule has 0 aliphatic carbocycles. The van der Waals surface area contributed by atoms with Gasteiger partial charge in [0.05, 0.1) is 82.2 Å². The van der Waals surface area contributed by atoms with E-state index in [1.165, 1.54) is 34.6 Å². The zero-order valence-electron chi connectivity index (χ0n) is 70.3. The van der Waals surface area contributed by atoms with Crippen LogP contribution >= 0.6 is 0 Å². The van der Waals surface area contributed by atoms with Crippen LogP contribution in [-0.4, -0.2) is 144 Å². The number of nitrogens with two attached hydrogens (primary N) is 4. The Morgan fingerprint density at radius 3 is 1.06 bits per heavy atom. The van der Waals surface area contributed by atoms with Crippen LogP contribution in [0.5, 0.6) is 0 Å². The minimum absolute atomic E-state index is 0.262. The molecule has 8 atom stereocenters. The molecular formula is C95H103N17O12. The van der Waals surface area contributed by atoms with Crippen molar-refractivity contribution in [1.82, 2.24) is 65.3 Å². The van der Waals surface area contributed by atoms with Gasteiger partial charge in [0.1, 0.15) is 18.0 Å². The van der Waals surface area contributed by atoms with E-state index in [0.29, 0.717) is 76.5 Å². The molecule has 0 radical (unpaired) electrons. The Labute approximate surface area is 719 Å². The molecule has 5 aromatic heterocycles. The van der Waals surface area contributed by atoms with Crippen molar-refractivity contribution in [3.63, 3.8) is 0 Å². The third kappa shape index (κ3) is 26.2. The molecule has 12 aromatic rings. The van der Waals surface area contributed by atoms with Crippen molar-refractivity contribution in [2.45, 2.75) is 77.5 Å². The zero-order valence-corrected chi connectivity index (χ0v) is 70.3. The second kappa shape index (κ2) is 45.0. The molecule has 0 bridgehead atoms. The number of amides is 4. The number of methoxy groups -OCH3 is 4. The number of carbonyl (C=O) groups excluding carboxylic acids is 8. The highest BCUT2D eigenvalue weighted by molar-refractivity contribution is 5.97. The summed E-state index contributed by atoms with van der Waals surface area (Å²) in [4.78, 5) is 127. The van der Waals surface area contributed by atoms with Crippen LogP contribution in [-0.2, 0) is 63.8 Å². The van der Waals surface area contributed by atoms with Crippen LogP contribution in [0.15, 0.2) is 277 Å². The Morgan fingerprint density at radius 1 is 0.379 bits per heavy atom. The van der Waals surface area contributed by atoms with Crippen molar-refractivity contribution in [2.24, 2.45) is 46.6 Å². The van der Waals surface area contributed by atoms with Gasteiger partial charge in [-0.2, -0.15) is 0 Å². The first-order valence-corrected chi connectivity index (χ1v) is 39.5. The Bertz CT molecular complexity index is 5230. The van der Waals surface area contributed by atoms with E-state index in [1.54, 1.807) is 149 Å². The molecule has 0 spiro atoms. The molecule has 0 aliphatic heterocycles. The van der Waals surface area contributed by atoms with Crippen LogP contribution in [0, 0.1) is 23.7 Å². The standard InChI is InChI=1S/3C24H26N4O3.C23H25N5O3/c1-16(25)19-7-4-6-18(12-19)13-22(24(30)31-3)17(2)27-23(29)20-8-5-9-21(14-20)28-11-10-26-15-28;1-15(25)20-6-4-5-17(11-20)12-21(24(30)31-3)16(2)28-23(29)19-9-7-18(8-10-19)22-13-26-14-27-22;1-15(25)20-6-4-5-17(13-20)14-21(24(30)31-3)16(2)28-23(29)19-9-7-18(8-10-19)22-26-11-12-27-22;1-15(24)18-6-4-5-17(11-18)12-20(23(30)31-3)16(2)27-22(29)19-7-8-21(26-13-19)28-10-9-25-14-28/h4-12,14-15,17,22H,1,13,25H2,2-3H3,(H,27,29);4-11,13-14,16,21H,1,12,25H2,2-3H3,(H,26,27)(H,28,29);4-13,16,21H,1,14,25H2,2-3H3,(H,26,27)(H,28,29);4-11,13-14,16,20H,1,12,24H2,2-3H3,(H,27,29). The van der Waals surface area contributed by atoms with Crippen LogP contribution in [0.1, 0.15) is 114 Å². The summed E-state index contributed by atoms with van der Waals surface area (Å²) in [5.74, 6) is -3.57. The highest BCUT2D eigenvalue weighted by Gasteiger charge is 2.33. The average molecular weight is 1670 g/mol. The third-order valence-electron chi connectivity index (χ3n) is 20.4. The van der Waals surface area contributed by atoms with Crippen LogP contribution in [0.2, 0.25) is 0 Å². The summed E-state index contributed by atoms with van der Waals surface area (Å²) < 4.78 is 23.5. The third-order valence-corrected chi connectivity index (χ3v) is 20.4. The molecule has 0 saturated heterocycles. The molecule has 124 heavy (non-hydrogen) atoms. The van der Waals surface area contributed by atoms with E-state index in [0.717, 1.165) is 72.8 Å². The molecule has 0 fully saturated rings. The van der Waals surface area contributed by atoms with Gasteiger partial charge in [0.2, 0.25) is 0 Å². The molecule has 0 aliphatic rings. The smallest absolute Gasteiger partial charge is 0.311 e. The number of benzene rings is 7. The molecule has 14 N–H and O–H groups in total. The molecular weight excluding hydrogens is 1570 g/mol. The normalized spacial score (nSPS) is 12.6. The number of aromatic nitrogens is 9. The van der Waals surface area contributed by atoms with Gasteiger partial charge in [0.15, 0.2) is 0 Å². The lowest BCUT2D eigenvalue weighted by atomic mass is 9.91. The van der Waals surface area contributed by atoms with Gasteiger partial charge in [-0.3, -0.25) is 42.9 Å². The SMILES string of the molecule is C=C(N)c1cccc(CC(C(=O)OC)C(C)NC(=O)c2ccc(-c3cnc[nH]3)cc2)c1.C=C(N)c1cccc(CC(C(=O)OC)C(C)NC(=O)c2ccc(-c3ncc[nH]3)cc2)c1.C=C(N)c1cccc(CC(C(=O)OC)C(C)NC(=O)c2ccc(-n3ccnc3)nc2)c1.C=C(N)c1cccc(CC(C(=O)OC)C(C)NC(=O)c2cccc(-n3ccnc3)c2)c1. The fourth-order valence-electron chi connectivity index (χ4n) is 13.3. The minimum Gasteiger partial charge on any atom is -0.469 e. The van der Waals surface area contributed by atoms with Crippen molar-refractivity contribution in [3.8, 4) is 34.2 Å². The predicted molar refractivity (Wildman–Crippen MR) is 476 cm³/mol. The van der Waals surface area contributed by atoms with Gasteiger partial charge in [-0.15, -0.1) is 0 Å². The van der Waals surface area contributed by atoms with Gasteiger partial charge >= 0.3 is 23.9 Å². The number of nitrogens with zero attached hydrogens (tertiary/aromatic N) is 7. The number of hydrogen-bond donors (Lipinski definition) is 10. The predicted octanol–water partition coefficient (Wildman–Crippen LogP) is 11.6. The molecule has 0 saturated carbocycles. The lowest BCUT2D eigenvalue weighted by molar-refractivity contribution is -0.147. The van der Waals surface area contributed by atoms with Crippen LogP contribution in [0.3, 0.4) is 0 Å². The Balaban J connectivity index is 0.000000187. The van der Waals surface area contributed by atoms with E-state index < -0.39 is 65.7 Å². The van der Waals surface area contributed by atoms with Gasteiger partial charge in [0, 0.05) is 118 Å². The molecule has 29 nitrogen and oxygen atoms in total. The fourth-order valence-corrected chi connectivity index (χ4v) is 13.3. The zero-order chi connectivity index (χ0) is 89.5. The van der Waals surface area contributed by atoms with Gasteiger partial charge in [-0.1, -0.05) is 129 Å². The van der Waals surface area contributed by atoms with Gasteiger partial charge < -0.3 is 77.7 Å². The number of carbonyl (C=O) groups is 8. The summed E-state index contributed by atoms with van der Waals surface area (Å²) in [5, 5.41) is 11.7. The topological polar surface area (TPSA) is 432 Å². The molecule has 8 unspecified atom stereocenters. The summed E-state index contributed by atoms with van der Waals surface area (Å²) >= 11 is 0. The van der Waals surface area contributed by atoms with E-state index >= 15 is 0 Å². The Hall–Kier alpha value is -15.6. The highest BCUT2D eigenvalue weighted by Crippen LogP contribution is 2.26. The van der Waals surface area contributed by atoms with Crippen LogP contribution in [0.4, 0.5) is 0 Å². The quantitative estimate of drug-likeness (QED) is 0.0138. The maximum atomic E-state index is 12.9. The number of aromatic amines is 2. The van der Waals surface area contributed by atoms with Gasteiger partial charge in [-0.25, -0.2) is 24.9 Å². The first-order chi connectivity index (χ1) is 59.5. The number of imidazole rings is 4. The van der Waals surface area contributed by atoms with Crippen molar-refractivity contribution in [2.75, 3.05) is 28.4 Å². The number of H-pyrrole nitrogens is 2. The first-order valence-electron chi connectivity index (χ1n) is 39.5. The van der Waals surface area contributed by atoms with Gasteiger partial charge in [-0.05, 0) is 182 Å². The molecule has 4 amide bonds. The van der Waals surface area contributed by atoms with Crippen molar-refractivity contribution >= 4 is 70.3 Å². The summed E-state index contributed by atoms with van der Waals surface area (Å²) in [7, 11) is 5.36. The molecule has 29 heteroatoms. The summed E-state index contributed by atoms with van der Waals surface area (Å²) in [5.41, 5.74) is 37.1. The number of esters is 4. The molecule has 12 rings (SSSR count). The number of rotatable bonds is 32. The van der Waals surface area contributed by atoms with Crippen molar-refractivity contribution in [1.29, 1.82) is 0 Å². The van der Waals surface area contributed by atoms with Crippen LogP contribution in [0.25, 0.3) is 56.9 Å². The Morgan fingerprint density at radius 2 is 0.734 bits per heavy atom. The van der Waals surface area contributed by atoms with Crippen molar-refractivity contribution in [3.05, 3.63) is 344 Å². The number of hydrogen-bond acceptors (Lipinski definition) is 21. The lowest BCUT2D eigenvalue weighted by Gasteiger charge is -2.23. The maximum Gasteiger partial charge on any atom is 0.311 e. The second-order valence-electron chi connectivity index (χ2n) is 29.2. The summed E-state index contributed by atoms with van der Waals surface area (Å²) in [6.07, 6.45) is 20.0. The maximum absolute atomic E-state index is 12.9. The van der Waals surface area contributed by atoms with Crippen molar-refractivity contribution < 1.29 is 57.3 Å². The number of nitrogens with one attached hydrogen (secondary N) is 6. The highest BCUT2D eigenvalue weighted by atomic mass is 16.5. The largest absolute Gasteiger partial charge is 0.469 e. The van der Waals surface area contributed by atoms with E-state index in [4.69, 9.17) is 41.9 Å². The molecule has 7 aromatic carbocycles. The van der Waals surface area contributed by atoms with E-state index in [1.807, 2.05) is 132 Å². The monoisotopic (exact) mass is 1670 g/mol. The summed E-state index contributed by atoms with van der Waals surface area (Å²) in [6, 6.07) is 53.1. The first kappa shape index (κ1) is 92.3. The van der Waals surface area contributed by atoms with Crippen LogP contribution < -0.4 is 44.2 Å². The van der Waals surface area contributed by atoms with E-state index in [9.17, 15) is 38.4 Å². The summed E-state index contributed by atoms with van der Waals surface area (Å²) in [6.45, 7) is 22.2. The molecule has 5 heterocycles. The fraction of sp³-hybridized carbons (Fsp3) is 0.211. The minimum atomic E-state index is -0.576. The number of ether oxygens (including phenoxy) is 4. The second-order valence-corrected chi connectivity index (χ2v) is 29.2. The number of pyridine rings is 1. The van der Waals surface area contributed by atoms with Gasteiger partial charge in [0.25, 0.3) is 23.6 Å². The van der Waals surface area contributed by atoms with E-state index in [2.05, 4.69) is 82.5 Å². The van der Waals surface area contributed by atoms with E-state index in [-0.39, 0.29) is 29.6 Å². The molecule has 640 valence electrons. The average Bonchev–Trinajstić information content (AvgIpc) is 1.40. The lowest BCUT2D eigenvalue weighted by Crippen LogP contribution is -2.42. The Kier molecular flexibility index (Phi) is 33.5.